The lowest BCUT2D eigenvalue weighted by Crippen LogP contribution is -2.35. The van der Waals surface area contributed by atoms with E-state index in [1.807, 2.05) is 6.92 Å². The molecule has 1 aromatic rings. The van der Waals surface area contributed by atoms with Gasteiger partial charge in [-0.15, -0.1) is 0 Å². The van der Waals surface area contributed by atoms with Gasteiger partial charge in [0.15, 0.2) is 11.8 Å². The minimum Gasteiger partial charge on any atom is -0.352 e. The van der Waals surface area contributed by atoms with Gasteiger partial charge in [0.05, 0.1) is 0 Å². The van der Waals surface area contributed by atoms with E-state index in [4.69, 9.17) is 4.74 Å². The standard InChI is InChI=1S/C34H50F2O/c1-5-8-10-12-20-32(4)34(37-32)30(35)24-29(25-31(34)36)27-15-13-26(14-16-27)28-17-22-33(19-7-3,23-18-28)21-11-9-6-2/h13-16,24-25,28,30H,5-12,17-23H2,1-4H3. The third-order valence-electron chi connectivity index (χ3n) is 9.84. The molecule has 3 heteroatoms. The zero-order valence-electron chi connectivity index (χ0n) is 23.9. The molecule has 0 radical (unpaired) electrons. The van der Waals surface area contributed by atoms with Crippen LogP contribution in [-0.4, -0.2) is 17.4 Å². The third kappa shape index (κ3) is 5.92. The summed E-state index contributed by atoms with van der Waals surface area (Å²) in [7, 11) is 0. The summed E-state index contributed by atoms with van der Waals surface area (Å²) in [6.45, 7) is 8.66. The molecule has 1 aromatic carbocycles. The Morgan fingerprint density at radius 2 is 1.49 bits per heavy atom. The lowest BCUT2D eigenvalue weighted by atomic mass is 9.64. The number of ether oxygens (including phenoxy) is 1. The van der Waals surface area contributed by atoms with E-state index in [1.165, 1.54) is 75.8 Å². The largest absolute Gasteiger partial charge is 0.352 e. The van der Waals surface area contributed by atoms with Crippen molar-refractivity contribution >= 4 is 5.57 Å². The highest BCUT2D eigenvalue weighted by molar-refractivity contribution is 5.78. The summed E-state index contributed by atoms with van der Waals surface area (Å²) >= 11 is 0. The zero-order chi connectivity index (χ0) is 26.5. The number of hydrogen-bond donors (Lipinski definition) is 0. The smallest absolute Gasteiger partial charge is 0.183 e. The van der Waals surface area contributed by atoms with Crippen molar-refractivity contribution < 1.29 is 13.5 Å². The molecule has 1 saturated heterocycles. The topological polar surface area (TPSA) is 12.5 Å². The molecule has 3 unspecified atom stereocenters. The molecule has 1 nitrogen and oxygen atoms in total. The fourth-order valence-corrected chi connectivity index (χ4v) is 7.40. The van der Waals surface area contributed by atoms with Crippen molar-refractivity contribution in [2.45, 2.75) is 147 Å². The minimum atomic E-state index is -1.46. The lowest BCUT2D eigenvalue weighted by Gasteiger charge is -2.41. The van der Waals surface area contributed by atoms with E-state index in [9.17, 15) is 0 Å². The lowest BCUT2D eigenvalue weighted by molar-refractivity contribution is 0.139. The van der Waals surface area contributed by atoms with Crippen molar-refractivity contribution in [3.8, 4) is 0 Å². The van der Waals surface area contributed by atoms with Crippen LogP contribution in [0.5, 0.6) is 0 Å². The van der Waals surface area contributed by atoms with Crippen LogP contribution in [0.4, 0.5) is 8.78 Å². The Kier molecular flexibility index (Phi) is 9.36. The molecule has 1 heterocycles. The van der Waals surface area contributed by atoms with Gasteiger partial charge in [-0.3, -0.25) is 0 Å². The number of alkyl halides is 1. The van der Waals surface area contributed by atoms with E-state index in [0.717, 1.165) is 31.2 Å². The Morgan fingerprint density at radius 3 is 2.11 bits per heavy atom. The van der Waals surface area contributed by atoms with Crippen LogP contribution in [0.15, 0.2) is 42.2 Å². The molecule has 3 aliphatic rings. The number of unbranched alkanes of at least 4 members (excludes halogenated alkanes) is 5. The van der Waals surface area contributed by atoms with Gasteiger partial charge in [0.1, 0.15) is 11.4 Å². The summed E-state index contributed by atoms with van der Waals surface area (Å²) in [6.07, 6.45) is 19.9. The van der Waals surface area contributed by atoms with Crippen molar-refractivity contribution in [2.75, 3.05) is 0 Å². The molecular formula is C34H50F2O. The van der Waals surface area contributed by atoms with E-state index in [2.05, 4.69) is 45.0 Å². The Hall–Kier alpha value is -1.48. The number of rotatable bonds is 13. The quantitative estimate of drug-likeness (QED) is 0.189. The highest BCUT2D eigenvalue weighted by Gasteiger charge is 2.74. The predicted molar refractivity (Wildman–Crippen MR) is 152 cm³/mol. The second-order valence-electron chi connectivity index (χ2n) is 12.5. The van der Waals surface area contributed by atoms with Gasteiger partial charge in [-0.2, -0.15) is 0 Å². The number of halogens is 2. The number of benzene rings is 1. The summed E-state index contributed by atoms with van der Waals surface area (Å²) in [5.74, 6) is 0.144. The first-order chi connectivity index (χ1) is 17.8. The molecule has 0 N–H and O–H groups in total. The van der Waals surface area contributed by atoms with Gasteiger partial charge in [-0.25, -0.2) is 8.78 Å². The fourth-order valence-electron chi connectivity index (χ4n) is 7.40. The van der Waals surface area contributed by atoms with E-state index in [0.29, 0.717) is 23.3 Å². The summed E-state index contributed by atoms with van der Waals surface area (Å²) in [5.41, 5.74) is 1.30. The highest BCUT2D eigenvalue weighted by atomic mass is 19.1. The second-order valence-corrected chi connectivity index (χ2v) is 12.5. The first-order valence-electron chi connectivity index (χ1n) is 15.4. The molecule has 0 aromatic heterocycles. The fraction of sp³-hybridized carbons (Fsp3) is 0.706. The summed E-state index contributed by atoms with van der Waals surface area (Å²) in [4.78, 5) is 0. The average molecular weight is 513 g/mol. The highest BCUT2D eigenvalue weighted by Crippen LogP contribution is 2.61. The molecule has 37 heavy (non-hydrogen) atoms. The molecule has 4 rings (SSSR count). The molecule has 2 fully saturated rings. The molecule has 3 atom stereocenters. The van der Waals surface area contributed by atoms with Crippen molar-refractivity contribution in [1.82, 2.24) is 0 Å². The molecule has 1 aliphatic heterocycles. The molecule has 2 aliphatic carbocycles. The van der Waals surface area contributed by atoms with E-state index >= 15 is 8.78 Å². The van der Waals surface area contributed by atoms with Crippen molar-refractivity contribution in [2.24, 2.45) is 5.41 Å². The van der Waals surface area contributed by atoms with Gasteiger partial charge < -0.3 is 4.74 Å². The Morgan fingerprint density at radius 1 is 0.838 bits per heavy atom. The molecule has 206 valence electrons. The third-order valence-corrected chi connectivity index (χ3v) is 9.84. The molecule has 1 spiro atoms. The summed E-state index contributed by atoms with van der Waals surface area (Å²) < 4.78 is 36.6. The van der Waals surface area contributed by atoms with Crippen molar-refractivity contribution in [3.05, 3.63) is 53.4 Å². The first kappa shape index (κ1) is 28.5. The van der Waals surface area contributed by atoms with Crippen LogP contribution in [0.2, 0.25) is 0 Å². The molecule has 0 amide bonds. The monoisotopic (exact) mass is 512 g/mol. The van der Waals surface area contributed by atoms with Crippen LogP contribution in [0.1, 0.15) is 141 Å². The molecule has 1 saturated carbocycles. The molecular weight excluding hydrogens is 462 g/mol. The first-order valence-corrected chi connectivity index (χ1v) is 15.4. The summed E-state index contributed by atoms with van der Waals surface area (Å²) in [5, 5.41) is 0. The van der Waals surface area contributed by atoms with Gasteiger partial charge in [0.2, 0.25) is 0 Å². The maximum absolute atomic E-state index is 15.4. The van der Waals surface area contributed by atoms with Crippen molar-refractivity contribution in [3.63, 3.8) is 0 Å². The number of hydrogen-bond acceptors (Lipinski definition) is 1. The van der Waals surface area contributed by atoms with Crippen LogP contribution in [-0.2, 0) is 4.74 Å². The SMILES string of the molecule is CCCCCCC1(C)OC12C(F)=CC(c1ccc(C3CCC(CCC)(CCCCC)CC3)cc1)=CC2F. The normalized spacial score (nSPS) is 33.4. The van der Waals surface area contributed by atoms with Crippen LogP contribution in [0, 0.1) is 5.41 Å². The van der Waals surface area contributed by atoms with E-state index in [-0.39, 0.29) is 0 Å². The van der Waals surface area contributed by atoms with Gasteiger partial charge in [0, 0.05) is 0 Å². The van der Waals surface area contributed by atoms with Gasteiger partial charge in [-0.05, 0) is 92.1 Å². The Labute approximate surface area is 225 Å². The maximum Gasteiger partial charge on any atom is 0.183 e. The van der Waals surface area contributed by atoms with E-state index < -0.39 is 23.2 Å². The zero-order valence-corrected chi connectivity index (χ0v) is 23.9. The Bertz CT molecular complexity index is 939. The Balaban J connectivity index is 1.37. The average Bonchev–Trinajstić information content (AvgIpc) is 3.52. The van der Waals surface area contributed by atoms with Crippen LogP contribution < -0.4 is 0 Å². The van der Waals surface area contributed by atoms with Crippen LogP contribution >= 0.6 is 0 Å². The predicted octanol–water partition coefficient (Wildman–Crippen LogP) is 10.8. The number of allylic oxidation sites excluding steroid dienone is 2. The van der Waals surface area contributed by atoms with Crippen molar-refractivity contribution in [1.29, 1.82) is 0 Å². The minimum absolute atomic E-state index is 0.456. The van der Waals surface area contributed by atoms with Gasteiger partial charge in [0.25, 0.3) is 0 Å². The second kappa shape index (κ2) is 12.1. The number of epoxide rings is 1. The summed E-state index contributed by atoms with van der Waals surface area (Å²) in [6, 6.07) is 8.50. The van der Waals surface area contributed by atoms with Crippen LogP contribution in [0.3, 0.4) is 0 Å². The van der Waals surface area contributed by atoms with Gasteiger partial charge >= 0.3 is 0 Å². The van der Waals surface area contributed by atoms with E-state index in [1.54, 1.807) is 6.08 Å². The van der Waals surface area contributed by atoms with Gasteiger partial charge in [-0.1, -0.05) is 96.4 Å². The maximum atomic E-state index is 15.4. The molecule has 0 bridgehead atoms. The van der Waals surface area contributed by atoms with Crippen LogP contribution in [0.25, 0.3) is 5.57 Å².